The van der Waals surface area contributed by atoms with Crippen molar-refractivity contribution in [1.82, 2.24) is 9.62 Å². The third-order valence-electron chi connectivity index (χ3n) is 5.75. The van der Waals surface area contributed by atoms with Crippen molar-refractivity contribution in [1.29, 1.82) is 0 Å². The Kier molecular flexibility index (Phi) is 7.73. The van der Waals surface area contributed by atoms with Crippen molar-refractivity contribution < 1.29 is 27.1 Å². The molecule has 2 aromatic carbocycles. The van der Waals surface area contributed by atoms with Crippen LogP contribution >= 0.6 is 0 Å². The molecule has 32 heavy (non-hydrogen) atoms. The van der Waals surface area contributed by atoms with Crippen molar-refractivity contribution in [3.8, 4) is 11.5 Å². The monoisotopic (exact) mass is 464 g/mol. The van der Waals surface area contributed by atoms with E-state index in [2.05, 4.69) is 5.32 Å². The van der Waals surface area contributed by atoms with E-state index in [0.717, 1.165) is 5.56 Å². The summed E-state index contributed by atoms with van der Waals surface area (Å²) >= 11 is 0. The van der Waals surface area contributed by atoms with Crippen LogP contribution in [0.25, 0.3) is 0 Å². The molecule has 1 amide bonds. The summed E-state index contributed by atoms with van der Waals surface area (Å²) in [5, 5.41) is 3.01. The second-order valence-corrected chi connectivity index (χ2v) is 9.87. The molecule has 7 nitrogen and oxygen atoms in total. The topological polar surface area (TPSA) is 84.9 Å². The Labute approximate surface area is 188 Å². The van der Waals surface area contributed by atoms with E-state index in [-0.39, 0.29) is 36.7 Å². The van der Waals surface area contributed by atoms with Gasteiger partial charge in [0.05, 0.1) is 26.0 Å². The first-order valence-corrected chi connectivity index (χ1v) is 12.1. The number of methoxy groups -OCH3 is 2. The van der Waals surface area contributed by atoms with Gasteiger partial charge in [-0.1, -0.05) is 18.2 Å². The molecule has 9 heteroatoms. The van der Waals surface area contributed by atoms with Crippen LogP contribution in [0.5, 0.6) is 11.5 Å². The summed E-state index contributed by atoms with van der Waals surface area (Å²) in [6.45, 7) is 2.46. The molecule has 1 heterocycles. The van der Waals surface area contributed by atoms with E-state index in [1.807, 2.05) is 19.1 Å². The zero-order valence-corrected chi connectivity index (χ0v) is 19.3. The Balaban J connectivity index is 1.55. The second kappa shape index (κ2) is 10.3. The van der Waals surface area contributed by atoms with Gasteiger partial charge >= 0.3 is 0 Å². The van der Waals surface area contributed by atoms with Gasteiger partial charge < -0.3 is 14.8 Å². The van der Waals surface area contributed by atoms with Crippen LogP contribution in [0.4, 0.5) is 4.39 Å². The number of amides is 1. The van der Waals surface area contributed by atoms with Crippen LogP contribution in [-0.2, 0) is 20.6 Å². The molecule has 1 aliphatic rings. The lowest BCUT2D eigenvalue weighted by Gasteiger charge is -2.31. The summed E-state index contributed by atoms with van der Waals surface area (Å²) in [6, 6.07) is 10.7. The molecule has 1 saturated heterocycles. The molecule has 0 spiro atoms. The number of sulfonamides is 1. The quantitative estimate of drug-likeness (QED) is 0.648. The Morgan fingerprint density at radius 1 is 1.09 bits per heavy atom. The van der Waals surface area contributed by atoms with Crippen molar-refractivity contribution in [2.75, 3.05) is 27.3 Å². The number of carbonyl (C=O) groups is 1. The normalized spacial score (nSPS) is 16.4. The molecule has 2 aromatic rings. The van der Waals surface area contributed by atoms with E-state index in [4.69, 9.17) is 9.47 Å². The van der Waals surface area contributed by atoms with Crippen LogP contribution in [0.1, 0.15) is 36.9 Å². The van der Waals surface area contributed by atoms with Gasteiger partial charge in [-0.05, 0) is 55.2 Å². The number of halogens is 1. The lowest BCUT2D eigenvalue weighted by molar-refractivity contribution is -0.126. The highest BCUT2D eigenvalue weighted by molar-refractivity contribution is 7.88. The number of nitrogens with zero attached hydrogens (tertiary/aromatic N) is 1. The summed E-state index contributed by atoms with van der Waals surface area (Å²) in [7, 11) is -0.403. The minimum absolute atomic E-state index is 0.0946. The Morgan fingerprint density at radius 2 is 1.72 bits per heavy atom. The zero-order valence-electron chi connectivity index (χ0n) is 18.5. The number of carbonyl (C=O) groups excluding carboxylic acids is 1. The number of benzene rings is 2. The average Bonchev–Trinajstić information content (AvgIpc) is 2.80. The van der Waals surface area contributed by atoms with E-state index < -0.39 is 15.8 Å². The molecule has 1 N–H and O–H groups in total. The molecule has 0 aliphatic carbocycles. The first-order valence-electron chi connectivity index (χ1n) is 10.5. The molecular formula is C23H29FN2O5S. The molecule has 1 unspecified atom stereocenters. The first kappa shape index (κ1) is 24.0. The van der Waals surface area contributed by atoms with Gasteiger partial charge in [-0.3, -0.25) is 4.79 Å². The highest BCUT2D eigenvalue weighted by Gasteiger charge is 2.31. The van der Waals surface area contributed by atoms with E-state index >= 15 is 0 Å². The highest BCUT2D eigenvalue weighted by atomic mass is 32.2. The van der Waals surface area contributed by atoms with Gasteiger partial charge in [-0.15, -0.1) is 0 Å². The van der Waals surface area contributed by atoms with Gasteiger partial charge in [0.25, 0.3) is 0 Å². The van der Waals surface area contributed by atoms with Gasteiger partial charge in [0, 0.05) is 19.0 Å². The summed E-state index contributed by atoms with van der Waals surface area (Å²) < 4.78 is 50.4. The number of piperidine rings is 1. The number of hydrogen-bond acceptors (Lipinski definition) is 5. The zero-order chi connectivity index (χ0) is 23.3. The van der Waals surface area contributed by atoms with E-state index in [1.54, 1.807) is 20.3 Å². The van der Waals surface area contributed by atoms with Crippen molar-refractivity contribution in [3.05, 3.63) is 59.4 Å². The summed E-state index contributed by atoms with van der Waals surface area (Å²) in [5.41, 5.74) is 1.42. The van der Waals surface area contributed by atoms with Gasteiger partial charge in [-0.25, -0.2) is 17.1 Å². The second-order valence-electron chi connectivity index (χ2n) is 7.90. The fourth-order valence-electron chi connectivity index (χ4n) is 3.82. The van der Waals surface area contributed by atoms with Gasteiger partial charge in [0.2, 0.25) is 15.9 Å². The molecule has 0 aromatic heterocycles. The summed E-state index contributed by atoms with van der Waals surface area (Å²) in [6.07, 6.45) is 0.903. The molecule has 0 saturated carbocycles. The number of hydrogen-bond donors (Lipinski definition) is 1. The third-order valence-corrected chi connectivity index (χ3v) is 7.60. The standard InChI is InChI=1S/C23H29FN2O5S/c1-16(19-6-9-21(30-2)22(14-19)31-3)25-23(27)18-10-12-26(13-11-18)32(28,29)15-17-4-7-20(24)8-5-17/h4-9,14,16,18H,10-13,15H2,1-3H3,(H,25,27). The minimum Gasteiger partial charge on any atom is -0.493 e. The van der Waals surface area contributed by atoms with Crippen molar-refractivity contribution >= 4 is 15.9 Å². The van der Waals surface area contributed by atoms with Crippen LogP contribution in [0.15, 0.2) is 42.5 Å². The van der Waals surface area contributed by atoms with Crippen molar-refractivity contribution in [2.45, 2.75) is 31.6 Å². The SMILES string of the molecule is COc1ccc(C(C)NC(=O)C2CCN(S(=O)(=O)Cc3ccc(F)cc3)CC2)cc1OC. The Bertz CT molecular complexity index is 1030. The van der Waals surface area contributed by atoms with Crippen LogP contribution in [0, 0.1) is 11.7 Å². The van der Waals surface area contributed by atoms with E-state index in [1.165, 1.54) is 28.6 Å². The van der Waals surface area contributed by atoms with Gasteiger partial charge in [0.15, 0.2) is 11.5 Å². The number of ether oxygens (including phenoxy) is 2. The number of rotatable bonds is 8. The van der Waals surface area contributed by atoms with E-state index in [9.17, 15) is 17.6 Å². The van der Waals surface area contributed by atoms with E-state index in [0.29, 0.717) is 29.9 Å². The molecule has 1 atom stereocenters. The molecule has 174 valence electrons. The molecular weight excluding hydrogens is 435 g/mol. The summed E-state index contributed by atoms with van der Waals surface area (Å²) in [5.74, 6) is 0.272. The predicted octanol–water partition coefficient (Wildman–Crippen LogP) is 3.26. The van der Waals surface area contributed by atoms with Crippen LogP contribution in [-0.4, -0.2) is 45.9 Å². The summed E-state index contributed by atoms with van der Waals surface area (Å²) in [4.78, 5) is 12.8. The van der Waals surface area contributed by atoms with Gasteiger partial charge in [0.1, 0.15) is 5.82 Å². The predicted molar refractivity (Wildman–Crippen MR) is 119 cm³/mol. The average molecular weight is 465 g/mol. The van der Waals surface area contributed by atoms with Crippen molar-refractivity contribution in [2.24, 2.45) is 5.92 Å². The fraction of sp³-hybridized carbons (Fsp3) is 0.435. The molecule has 3 rings (SSSR count). The van der Waals surface area contributed by atoms with Crippen LogP contribution < -0.4 is 14.8 Å². The molecule has 0 radical (unpaired) electrons. The maximum atomic E-state index is 13.1. The van der Waals surface area contributed by atoms with Gasteiger partial charge in [-0.2, -0.15) is 0 Å². The Hall–Kier alpha value is -2.65. The Morgan fingerprint density at radius 3 is 2.31 bits per heavy atom. The molecule has 0 bridgehead atoms. The lowest BCUT2D eigenvalue weighted by Crippen LogP contribution is -2.43. The number of nitrogens with one attached hydrogen (secondary N) is 1. The first-order chi connectivity index (χ1) is 15.2. The maximum absolute atomic E-state index is 13.1. The molecule has 1 fully saturated rings. The largest absolute Gasteiger partial charge is 0.493 e. The van der Waals surface area contributed by atoms with Crippen LogP contribution in [0.3, 0.4) is 0 Å². The minimum atomic E-state index is -3.53. The third kappa shape index (κ3) is 5.77. The van der Waals surface area contributed by atoms with Crippen LogP contribution in [0.2, 0.25) is 0 Å². The smallest absolute Gasteiger partial charge is 0.223 e. The highest BCUT2D eigenvalue weighted by Crippen LogP contribution is 2.30. The lowest BCUT2D eigenvalue weighted by atomic mass is 9.96. The maximum Gasteiger partial charge on any atom is 0.223 e. The molecule has 1 aliphatic heterocycles. The van der Waals surface area contributed by atoms with Crippen molar-refractivity contribution in [3.63, 3.8) is 0 Å². The fourth-order valence-corrected chi connectivity index (χ4v) is 5.38.